The molecule has 6 heteroatoms. The van der Waals surface area contributed by atoms with E-state index in [0.29, 0.717) is 28.9 Å². The zero-order valence-corrected chi connectivity index (χ0v) is 22.1. The number of benzene rings is 3. The first kappa shape index (κ1) is 28.1. The van der Waals surface area contributed by atoms with Crippen LogP contribution in [0.5, 0.6) is 0 Å². The van der Waals surface area contributed by atoms with Crippen LogP contribution >= 0.6 is 0 Å². The Balaban J connectivity index is 1.28. The smallest absolute Gasteiger partial charge is 0.157 e. The number of nitriles is 1. The van der Waals surface area contributed by atoms with Gasteiger partial charge in [0.2, 0.25) is 0 Å². The van der Waals surface area contributed by atoms with Gasteiger partial charge in [0.25, 0.3) is 0 Å². The van der Waals surface area contributed by atoms with E-state index in [1.807, 2.05) is 18.2 Å². The van der Waals surface area contributed by atoms with Crippen LogP contribution in [0.15, 0.2) is 42.5 Å². The van der Waals surface area contributed by atoms with Crippen LogP contribution in [0.2, 0.25) is 0 Å². The molecule has 0 saturated carbocycles. The van der Waals surface area contributed by atoms with E-state index in [9.17, 15) is 8.78 Å². The minimum atomic E-state index is -0.893. The summed E-state index contributed by atoms with van der Waals surface area (Å²) in [6.45, 7) is 3.74. The van der Waals surface area contributed by atoms with Gasteiger partial charge in [-0.3, -0.25) is 0 Å². The van der Waals surface area contributed by atoms with Crippen molar-refractivity contribution in [3.8, 4) is 6.07 Å². The molecule has 0 aromatic heterocycles. The molecular weight excluding hydrogens is 487 g/mol. The van der Waals surface area contributed by atoms with Crippen molar-refractivity contribution in [3.05, 3.63) is 82.2 Å². The Morgan fingerprint density at radius 1 is 0.816 bits per heavy atom. The molecule has 1 aliphatic rings. The lowest BCUT2D eigenvalue weighted by Gasteiger charge is -2.29. The van der Waals surface area contributed by atoms with Gasteiger partial charge in [-0.2, -0.15) is 5.26 Å². The molecule has 0 bridgehead atoms. The molecule has 0 N–H and O–H groups in total. The van der Waals surface area contributed by atoms with E-state index in [2.05, 4.69) is 6.92 Å². The monoisotopic (exact) mass is 523 g/mol. The molecule has 0 spiro atoms. The number of aryl methyl sites for hydroxylation is 3. The second kappa shape index (κ2) is 13.8. The van der Waals surface area contributed by atoms with E-state index in [0.717, 1.165) is 55.6 Å². The molecule has 4 rings (SSSR count). The molecule has 38 heavy (non-hydrogen) atoms. The van der Waals surface area contributed by atoms with Crippen molar-refractivity contribution in [2.45, 2.75) is 77.4 Å². The molecule has 3 aromatic rings. The Bertz CT molecular complexity index is 1240. The number of halogens is 3. The van der Waals surface area contributed by atoms with Gasteiger partial charge >= 0.3 is 0 Å². The third kappa shape index (κ3) is 7.36. The summed E-state index contributed by atoms with van der Waals surface area (Å²) in [6, 6.07) is 13.1. The first-order valence-corrected chi connectivity index (χ1v) is 13.8. The van der Waals surface area contributed by atoms with Crippen molar-refractivity contribution in [2.75, 3.05) is 13.2 Å². The number of unbranched alkanes of at least 4 members (excludes halogenated alkanes) is 4. The molecule has 3 aromatic carbocycles. The lowest BCUT2D eigenvalue weighted by atomic mass is 9.97. The van der Waals surface area contributed by atoms with Crippen molar-refractivity contribution in [3.63, 3.8) is 0 Å². The number of fused-ring (bicyclic) bond motifs is 1. The van der Waals surface area contributed by atoms with Crippen LogP contribution in [-0.4, -0.2) is 19.5 Å². The van der Waals surface area contributed by atoms with Crippen LogP contribution in [0.3, 0.4) is 0 Å². The molecule has 0 unspecified atom stereocenters. The molecule has 3 nitrogen and oxygen atoms in total. The van der Waals surface area contributed by atoms with Gasteiger partial charge in [-0.1, -0.05) is 69.4 Å². The van der Waals surface area contributed by atoms with E-state index in [1.54, 1.807) is 12.1 Å². The predicted molar refractivity (Wildman–Crippen MR) is 143 cm³/mol. The molecule has 202 valence electrons. The van der Waals surface area contributed by atoms with Crippen LogP contribution in [-0.2, 0) is 28.7 Å². The second-order valence-electron chi connectivity index (χ2n) is 10.3. The minimum absolute atomic E-state index is 0.196. The van der Waals surface area contributed by atoms with Gasteiger partial charge in [-0.25, -0.2) is 13.2 Å². The maximum atomic E-state index is 15.2. The van der Waals surface area contributed by atoms with Crippen LogP contribution in [0.25, 0.3) is 10.8 Å². The first-order valence-electron chi connectivity index (χ1n) is 13.8. The molecule has 0 radical (unpaired) electrons. The fourth-order valence-electron chi connectivity index (χ4n) is 5.13. The quantitative estimate of drug-likeness (QED) is 0.225. The Morgan fingerprint density at radius 3 is 2.26 bits per heavy atom. The topological polar surface area (TPSA) is 42.2 Å². The van der Waals surface area contributed by atoms with Crippen LogP contribution < -0.4 is 0 Å². The standard InChI is InChI=1S/C32H36F3NO2/c1-2-3-4-5-6-7-24-20-37-31(38-21-24)15-10-22-9-14-27-26(16-22)13-12-25(32(27)35)11-8-23-17-29(33)28(19-36)30(34)18-23/h9,12-14,16-18,24,31H,2-8,10-11,15,20-21H2,1H3. The lowest BCUT2D eigenvalue weighted by molar-refractivity contribution is -0.203. The molecule has 0 atom stereocenters. The Hall–Kier alpha value is -2.88. The summed E-state index contributed by atoms with van der Waals surface area (Å²) >= 11 is 0. The molecular formula is C32H36F3NO2. The van der Waals surface area contributed by atoms with E-state index >= 15 is 4.39 Å². The van der Waals surface area contributed by atoms with E-state index < -0.39 is 17.2 Å². The second-order valence-corrected chi connectivity index (χ2v) is 10.3. The fourth-order valence-corrected chi connectivity index (χ4v) is 5.13. The molecule has 0 aliphatic carbocycles. The van der Waals surface area contributed by atoms with Gasteiger partial charge < -0.3 is 9.47 Å². The Labute approximate surface area is 223 Å². The van der Waals surface area contributed by atoms with Crippen molar-refractivity contribution < 1.29 is 22.6 Å². The van der Waals surface area contributed by atoms with Gasteiger partial charge in [0.1, 0.15) is 29.1 Å². The fraction of sp³-hybridized carbons (Fsp3) is 0.469. The van der Waals surface area contributed by atoms with Gasteiger partial charge in [0.15, 0.2) is 6.29 Å². The maximum absolute atomic E-state index is 15.2. The summed E-state index contributed by atoms with van der Waals surface area (Å²) < 4.78 is 54.9. The molecule has 1 fully saturated rings. The van der Waals surface area contributed by atoms with Crippen LogP contribution in [0.4, 0.5) is 13.2 Å². The van der Waals surface area contributed by atoms with Gasteiger partial charge in [0.05, 0.1) is 13.2 Å². The SMILES string of the molecule is CCCCCCCC1COC(CCc2ccc3c(F)c(CCc4cc(F)c(C#N)c(F)c4)ccc3c2)OC1. The van der Waals surface area contributed by atoms with E-state index in [-0.39, 0.29) is 18.5 Å². The number of hydrogen-bond donors (Lipinski definition) is 0. The van der Waals surface area contributed by atoms with Gasteiger partial charge in [-0.05, 0) is 59.9 Å². The van der Waals surface area contributed by atoms with E-state index in [1.165, 1.54) is 38.2 Å². The summed E-state index contributed by atoms with van der Waals surface area (Å²) in [4.78, 5) is 0. The summed E-state index contributed by atoms with van der Waals surface area (Å²) in [5.74, 6) is -1.62. The molecule has 1 aliphatic heterocycles. The zero-order valence-electron chi connectivity index (χ0n) is 22.1. The highest BCUT2D eigenvalue weighted by Gasteiger charge is 2.22. The number of nitrogens with zero attached hydrogens (tertiary/aromatic N) is 1. The van der Waals surface area contributed by atoms with Crippen LogP contribution in [0, 0.1) is 34.7 Å². The van der Waals surface area contributed by atoms with Crippen molar-refractivity contribution in [1.29, 1.82) is 5.26 Å². The highest BCUT2D eigenvalue weighted by Crippen LogP contribution is 2.26. The highest BCUT2D eigenvalue weighted by molar-refractivity contribution is 5.84. The third-order valence-electron chi connectivity index (χ3n) is 7.42. The van der Waals surface area contributed by atoms with E-state index in [4.69, 9.17) is 14.7 Å². The largest absolute Gasteiger partial charge is 0.352 e. The highest BCUT2D eigenvalue weighted by atomic mass is 19.1. The van der Waals surface area contributed by atoms with Crippen molar-refractivity contribution in [2.24, 2.45) is 5.92 Å². The summed E-state index contributed by atoms with van der Waals surface area (Å²) in [5, 5.41) is 10.2. The average Bonchev–Trinajstić information content (AvgIpc) is 2.92. The predicted octanol–water partition coefficient (Wildman–Crippen LogP) is 8.20. The molecule has 0 amide bonds. The Morgan fingerprint density at radius 2 is 1.55 bits per heavy atom. The number of hydrogen-bond acceptors (Lipinski definition) is 3. The van der Waals surface area contributed by atoms with Crippen LogP contribution in [0.1, 0.15) is 74.1 Å². The maximum Gasteiger partial charge on any atom is 0.157 e. The summed E-state index contributed by atoms with van der Waals surface area (Å²) in [6.07, 6.45) is 9.48. The zero-order chi connectivity index (χ0) is 26.9. The normalized spacial score (nSPS) is 17.6. The Kier molecular flexibility index (Phi) is 10.2. The summed E-state index contributed by atoms with van der Waals surface area (Å²) in [7, 11) is 0. The molecule has 1 heterocycles. The van der Waals surface area contributed by atoms with Crippen molar-refractivity contribution in [1.82, 2.24) is 0 Å². The minimum Gasteiger partial charge on any atom is -0.352 e. The summed E-state index contributed by atoms with van der Waals surface area (Å²) in [5.41, 5.74) is 1.37. The lowest BCUT2D eigenvalue weighted by Crippen LogP contribution is -2.32. The number of rotatable bonds is 12. The van der Waals surface area contributed by atoms with Gasteiger partial charge in [-0.15, -0.1) is 0 Å². The number of ether oxygens (including phenoxy) is 2. The van der Waals surface area contributed by atoms with Crippen molar-refractivity contribution >= 4 is 10.8 Å². The molecule has 1 saturated heterocycles. The average molecular weight is 524 g/mol. The van der Waals surface area contributed by atoms with Gasteiger partial charge in [0, 0.05) is 17.7 Å². The third-order valence-corrected chi connectivity index (χ3v) is 7.42. The first-order chi connectivity index (χ1) is 18.5.